The quantitative estimate of drug-likeness (QED) is 0.470. The standard InChI is InChI=1S/C26H23FN2O3/c27-20-12-10-18(11-13-20)24(29-14-16-31-17-15-29)25-23(21-8-4-5-9-22(21)32-25)28-26(30)19-6-2-1-3-7-19/h1-13,24H,14-17H2,(H,28,30)/t24-/m1/s1. The Hall–Kier alpha value is -3.48. The maximum Gasteiger partial charge on any atom is 0.255 e. The number of hydrogen-bond donors (Lipinski definition) is 1. The maximum absolute atomic E-state index is 13.7. The number of amides is 1. The highest BCUT2D eigenvalue weighted by molar-refractivity contribution is 6.09. The first-order valence-electron chi connectivity index (χ1n) is 10.7. The van der Waals surface area contributed by atoms with E-state index in [1.807, 2.05) is 42.5 Å². The van der Waals surface area contributed by atoms with E-state index in [9.17, 15) is 9.18 Å². The van der Waals surface area contributed by atoms with Gasteiger partial charge in [0.25, 0.3) is 5.91 Å². The predicted molar refractivity (Wildman–Crippen MR) is 121 cm³/mol. The van der Waals surface area contributed by atoms with E-state index in [1.54, 1.807) is 24.3 Å². The van der Waals surface area contributed by atoms with E-state index >= 15 is 0 Å². The molecule has 5 nitrogen and oxygen atoms in total. The molecule has 0 spiro atoms. The van der Waals surface area contributed by atoms with Crippen molar-refractivity contribution in [2.45, 2.75) is 6.04 Å². The number of ether oxygens (including phenoxy) is 1. The van der Waals surface area contributed by atoms with Crippen LogP contribution in [0.15, 0.2) is 83.3 Å². The van der Waals surface area contributed by atoms with Gasteiger partial charge in [-0.25, -0.2) is 4.39 Å². The van der Waals surface area contributed by atoms with E-state index in [0.717, 1.165) is 10.9 Å². The molecular weight excluding hydrogens is 407 g/mol. The molecule has 2 heterocycles. The van der Waals surface area contributed by atoms with Crippen LogP contribution in [0.1, 0.15) is 27.7 Å². The van der Waals surface area contributed by atoms with E-state index in [-0.39, 0.29) is 17.8 Å². The minimum Gasteiger partial charge on any atom is -0.457 e. The van der Waals surface area contributed by atoms with Gasteiger partial charge in [-0.15, -0.1) is 0 Å². The number of halogens is 1. The minimum absolute atomic E-state index is 0.210. The number of nitrogens with one attached hydrogen (secondary N) is 1. The number of benzene rings is 3. The second-order valence-electron chi connectivity index (χ2n) is 7.76. The molecule has 1 saturated heterocycles. The highest BCUT2D eigenvalue weighted by Gasteiger charge is 2.31. The van der Waals surface area contributed by atoms with Crippen molar-refractivity contribution in [2.24, 2.45) is 0 Å². The molecule has 5 rings (SSSR count). The summed E-state index contributed by atoms with van der Waals surface area (Å²) in [5.74, 6) is 0.124. The molecule has 1 fully saturated rings. The molecule has 1 aromatic heterocycles. The van der Waals surface area contributed by atoms with E-state index in [4.69, 9.17) is 9.15 Å². The Labute approximate surface area is 185 Å². The topological polar surface area (TPSA) is 54.7 Å². The third-order valence-electron chi connectivity index (χ3n) is 5.74. The van der Waals surface area contributed by atoms with Gasteiger partial charge in [0.1, 0.15) is 17.2 Å². The predicted octanol–water partition coefficient (Wildman–Crippen LogP) is 5.25. The summed E-state index contributed by atoms with van der Waals surface area (Å²) in [4.78, 5) is 15.3. The number of anilines is 1. The molecule has 162 valence electrons. The highest BCUT2D eigenvalue weighted by atomic mass is 19.1. The first kappa shape index (κ1) is 20.4. The van der Waals surface area contributed by atoms with Gasteiger partial charge < -0.3 is 14.5 Å². The smallest absolute Gasteiger partial charge is 0.255 e. The zero-order valence-corrected chi connectivity index (χ0v) is 17.5. The van der Waals surface area contributed by atoms with Gasteiger partial charge in [0.15, 0.2) is 0 Å². The van der Waals surface area contributed by atoms with Crippen molar-refractivity contribution in [2.75, 3.05) is 31.6 Å². The molecule has 1 atom stereocenters. The molecular formula is C26H23FN2O3. The third-order valence-corrected chi connectivity index (χ3v) is 5.74. The van der Waals surface area contributed by atoms with Crippen molar-refractivity contribution in [3.63, 3.8) is 0 Å². The van der Waals surface area contributed by atoms with Crippen LogP contribution in [-0.2, 0) is 4.74 Å². The van der Waals surface area contributed by atoms with E-state index in [1.165, 1.54) is 12.1 Å². The Balaban J connectivity index is 1.63. The van der Waals surface area contributed by atoms with Gasteiger partial charge in [0, 0.05) is 24.0 Å². The van der Waals surface area contributed by atoms with Gasteiger partial charge in [0.2, 0.25) is 0 Å². The first-order valence-corrected chi connectivity index (χ1v) is 10.7. The second-order valence-corrected chi connectivity index (χ2v) is 7.76. The Morgan fingerprint density at radius 2 is 1.59 bits per heavy atom. The fraction of sp³-hybridized carbons (Fsp3) is 0.192. The van der Waals surface area contributed by atoms with Crippen molar-refractivity contribution < 1.29 is 18.3 Å². The normalized spacial score (nSPS) is 15.5. The summed E-state index contributed by atoms with van der Waals surface area (Å²) in [5, 5.41) is 3.91. The number of carbonyl (C=O) groups is 1. The summed E-state index contributed by atoms with van der Waals surface area (Å²) in [7, 11) is 0. The average Bonchev–Trinajstić information content (AvgIpc) is 3.19. The Bertz CT molecular complexity index is 1220. The molecule has 6 heteroatoms. The molecule has 1 aliphatic heterocycles. The molecule has 0 radical (unpaired) electrons. The van der Waals surface area contributed by atoms with Crippen LogP contribution in [0.4, 0.5) is 10.1 Å². The summed E-state index contributed by atoms with van der Waals surface area (Å²) in [6, 6.07) is 22.9. The van der Waals surface area contributed by atoms with Gasteiger partial charge >= 0.3 is 0 Å². The van der Waals surface area contributed by atoms with Gasteiger partial charge in [0.05, 0.1) is 24.9 Å². The first-order chi connectivity index (χ1) is 15.7. The van der Waals surface area contributed by atoms with Crippen LogP contribution in [0.25, 0.3) is 11.0 Å². The molecule has 32 heavy (non-hydrogen) atoms. The van der Waals surface area contributed by atoms with Crippen LogP contribution in [0, 0.1) is 5.82 Å². The number of fused-ring (bicyclic) bond motifs is 1. The van der Waals surface area contributed by atoms with E-state index in [2.05, 4.69) is 10.2 Å². The van der Waals surface area contributed by atoms with Crippen LogP contribution < -0.4 is 5.32 Å². The SMILES string of the molecule is O=C(Nc1c([C@@H](c2ccc(F)cc2)N2CCOCC2)oc2ccccc12)c1ccccc1. The molecule has 0 saturated carbocycles. The lowest BCUT2D eigenvalue weighted by molar-refractivity contribution is 0.0206. The van der Waals surface area contributed by atoms with Gasteiger partial charge in [-0.1, -0.05) is 42.5 Å². The van der Waals surface area contributed by atoms with Crippen molar-refractivity contribution in [1.82, 2.24) is 4.90 Å². The Morgan fingerprint density at radius 3 is 2.34 bits per heavy atom. The zero-order valence-electron chi connectivity index (χ0n) is 17.5. The van der Waals surface area contributed by atoms with Crippen LogP contribution in [-0.4, -0.2) is 37.1 Å². The minimum atomic E-state index is -0.295. The number of para-hydroxylation sites is 1. The summed E-state index contributed by atoms with van der Waals surface area (Å²) in [6.07, 6.45) is 0. The fourth-order valence-electron chi connectivity index (χ4n) is 4.17. The van der Waals surface area contributed by atoms with Crippen molar-refractivity contribution >= 4 is 22.6 Å². The Kier molecular flexibility index (Phi) is 5.71. The molecule has 0 aliphatic carbocycles. The van der Waals surface area contributed by atoms with Crippen LogP contribution in [0.2, 0.25) is 0 Å². The molecule has 0 unspecified atom stereocenters. The average molecular weight is 430 g/mol. The lowest BCUT2D eigenvalue weighted by Gasteiger charge is -2.34. The third kappa shape index (κ3) is 4.02. The fourth-order valence-corrected chi connectivity index (χ4v) is 4.17. The number of furan rings is 1. The second kappa shape index (κ2) is 8.94. The van der Waals surface area contributed by atoms with E-state index in [0.29, 0.717) is 48.9 Å². The molecule has 1 N–H and O–H groups in total. The van der Waals surface area contributed by atoms with Gasteiger partial charge in [-0.05, 0) is 42.0 Å². The lowest BCUT2D eigenvalue weighted by Crippen LogP contribution is -2.39. The zero-order chi connectivity index (χ0) is 21.9. The maximum atomic E-state index is 13.7. The number of carbonyl (C=O) groups excluding carboxylic acids is 1. The van der Waals surface area contributed by atoms with Crippen molar-refractivity contribution in [3.05, 3.63) is 102 Å². The number of rotatable bonds is 5. The largest absolute Gasteiger partial charge is 0.457 e. The van der Waals surface area contributed by atoms with Crippen molar-refractivity contribution in [3.8, 4) is 0 Å². The van der Waals surface area contributed by atoms with Gasteiger partial charge in [-0.3, -0.25) is 9.69 Å². The van der Waals surface area contributed by atoms with Crippen LogP contribution >= 0.6 is 0 Å². The highest BCUT2D eigenvalue weighted by Crippen LogP contribution is 2.40. The van der Waals surface area contributed by atoms with E-state index < -0.39 is 0 Å². The molecule has 1 aliphatic rings. The number of hydrogen-bond acceptors (Lipinski definition) is 4. The summed E-state index contributed by atoms with van der Waals surface area (Å²) < 4.78 is 25.6. The van der Waals surface area contributed by atoms with Crippen molar-refractivity contribution in [1.29, 1.82) is 0 Å². The Morgan fingerprint density at radius 1 is 0.906 bits per heavy atom. The monoisotopic (exact) mass is 430 g/mol. The van der Waals surface area contributed by atoms with Crippen LogP contribution in [0.3, 0.4) is 0 Å². The molecule has 4 aromatic rings. The van der Waals surface area contributed by atoms with Crippen LogP contribution in [0.5, 0.6) is 0 Å². The molecule has 1 amide bonds. The lowest BCUT2D eigenvalue weighted by atomic mass is 10.00. The summed E-state index contributed by atoms with van der Waals surface area (Å²) in [5.41, 5.74) is 2.78. The summed E-state index contributed by atoms with van der Waals surface area (Å²) in [6.45, 7) is 2.60. The number of nitrogens with zero attached hydrogens (tertiary/aromatic N) is 1. The number of morpholine rings is 1. The summed E-state index contributed by atoms with van der Waals surface area (Å²) >= 11 is 0. The molecule has 0 bridgehead atoms. The molecule has 3 aromatic carbocycles. The van der Waals surface area contributed by atoms with Gasteiger partial charge in [-0.2, -0.15) is 0 Å².